The van der Waals surface area contributed by atoms with E-state index in [0.29, 0.717) is 0 Å². The van der Waals surface area contributed by atoms with Crippen LogP contribution in [0.3, 0.4) is 0 Å². The van der Waals surface area contributed by atoms with Crippen LogP contribution >= 0.6 is 0 Å². The number of anilines is 1. The summed E-state index contributed by atoms with van der Waals surface area (Å²) in [6.45, 7) is 0. The summed E-state index contributed by atoms with van der Waals surface area (Å²) in [6, 6.07) is 2.87. The van der Waals surface area contributed by atoms with Crippen LogP contribution in [-0.4, -0.2) is 15.6 Å². The minimum atomic E-state index is -1.19. The van der Waals surface area contributed by atoms with Gasteiger partial charge in [-0.15, -0.1) is 0 Å². The average Bonchev–Trinajstić information content (AvgIpc) is 2.44. The number of aryl methyl sites for hydroxylation is 1. The fourth-order valence-electron chi connectivity index (χ4n) is 1.48. The molecule has 0 unspecified atom stereocenters. The number of benzene rings is 1. The van der Waals surface area contributed by atoms with Crippen LogP contribution in [0.25, 0.3) is 11.1 Å². The molecule has 0 bridgehead atoms. The summed E-state index contributed by atoms with van der Waals surface area (Å²) in [7, 11) is 1.43. The van der Waals surface area contributed by atoms with Gasteiger partial charge in [0.2, 0.25) is 0 Å². The van der Waals surface area contributed by atoms with Gasteiger partial charge in [-0.1, -0.05) is 0 Å². The zero-order chi connectivity index (χ0) is 11.2. The van der Waals surface area contributed by atoms with Crippen LogP contribution < -0.4 is 11.5 Å². The number of carboxylic acids is 1. The Morgan fingerprint density at radius 1 is 1.53 bits per heavy atom. The van der Waals surface area contributed by atoms with E-state index in [9.17, 15) is 9.59 Å². The summed E-state index contributed by atoms with van der Waals surface area (Å²) >= 11 is 0. The highest BCUT2D eigenvalue weighted by atomic mass is 16.4. The van der Waals surface area contributed by atoms with Crippen molar-refractivity contribution in [1.29, 1.82) is 0 Å². The highest BCUT2D eigenvalue weighted by Gasteiger charge is 2.18. The molecule has 3 N–H and O–H groups in total. The number of rotatable bonds is 1. The van der Waals surface area contributed by atoms with Crippen LogP contribution in [0.4, 0.5) is 5.69 Å². The third kappa shape index (κ3) is 1.18. The van der Waals surface area contributed by atoms with Crippen LogP contribution in [0.2, 0.25) is 0 Å². The van der Waals surface area contributed by atoms with Gasteiger partial charge < -0.3 is 15.3 Å². The summed E-state index contributed by atoms with van der Waals surface area (Å²) < 4.78 is 5.95. The molecule has 15 heavy (non-hydrogen) atoms. The van der Waals surface area contributed by atoms with Crippen molar-refractivity contribution in [2.24, 2.45) is 7.05 Å². The van der Waals surface area contributed by atoms with Crippen LogP contribution in [0, 0.1) is 0 Å². The predicted octanol–water partition coefficient (Wildman–Crippen LogP) is 0.412. The van der Waals surface area contributed by atoms with E-state index in [1.165, 1.54) is 19.2 Å². The first-order valence-electron chi connectivity index (χ1n) is 4.13. The summed E-state index contributed by atoms with van der Waals surface area (Å²) in [6.07, 6.45) is 0. The lowest BCUT2D eigenvalue weighted by atomic mass is 10.1. The number of carbonyl (C=O) groups is 1. The van der Waals surface area contributed by atoms with E-state index in [4.69, 9.17) is 15.3 Å². The molecule has 0 radical (unpaired) electrons. The number of hydrogen-bond donors (Lipinski definition) is 2. The normalized spacial score (nSPS) is 10.7. The maximum atomic E-state index is 11.2. The maximum Gasteiger partial charge on any atom is 0.419 e. The monoisotopic (exact) mass is 208 g/mol. The Morgan fingerprint density at radius 2 is 2.20 bits per heavy atom. The Labute approximate surface area is 83.5 Å². The Kier molecular flexibility index (Phi) is 1.79. The second kappa shape index (κ2) is 2.88. The number of aromatic nitrogens is 1. The molecule has 0 atom stereocenters. The highest BCUT2D eigenvalue weighted by molar-refractivity contribution is 6.05. The van der Waals surface area contributed by atoms with Crippen molar-refractivity contribution in [2.75, 3.05) is 5.73 Å². The second-order valence-electron chi connectivity index (χ2n) is 3.11. The smallest absolute Gasteiger partial charge is 0.419 e. The van der Waals surface area contributed by atoms with Crippen molar-refractivity contribution < 1.29 is 14.3 Å². The van der Waals surface area contributed by atoms with Crippen molar-refractivity contribution in [3.8, 4) is 0 Å². The van der Waals surface area contributed by atoms with Gasteiger partial charge in [0.25, 0.3) is 0 Å². The molecular formula is C9H8N2O4. The Bertz CT molecular complexity index is 608. The Balaban J connectivity index is 3.04. The molecule has 6 nitrogen and oxygen atoms in total. The zero-order valence-corrected chi connectivity index (χ0v) is 7.85. The fourth-order valence-corrected chi connectivity index (χ4v) is 1.48. The molecule has 0 spiro atoms. The third-order valence-corrected chi connectivity index (χ3v) is 2.19. The molecule has 0 amide bonds. The van der Waals surface area contributed by atoms with E-state index in [1.54, 1.807) is 0 Å². The molecule has 2 rings (SSSR count). The fraction of sp³-hybridized carbons (Fsp3) is 0.111. The SMILES string of the molecule is Cn1c(=O)oc2ccc(N)c(C(=O)O)c21. The van der Waals surface area contributed by atoms with Gasteiger partial charge >= 0.3 is 11.7 Å². The quantitative estimate of drug-likeness (QED) is 0.661. The Morgan fingerprint density at radius 3 is 2.80 bits per heavy atom. The van der Waals surface area contributed by atoms with Crippen molar-refractivity contribution in [2.45, 2.75) is 0 Å². The Hall–Kier alpha value is -2.24. The molecule has 6 heteroatoms. The molecule has 78 valence electrons. The number of nitrogen functional groups attached to an aromatic ring is 1. The summed E-state index contributed by atoms with van der Waals surface area (Å²) in [4.78, 5) is 22.1. The zero-order valence-electron chi connectivity index (χ0n) is 7.85. The second-order valence-corrected chi connectivity index (χ2v) is 3.11. The minimum Gasteiger partial charge on any atom is -0.478 e. The summed E-state index contributed by atoms with van der Waals surface area (Å²) in [5.74, 6) is -1.80. The minimum absolute atomic E-state index is 0.103. The van der Waals surface area contributed by atoms with Crippen molar-refractivity contribution >= 4 is 22.8 Å². The van der Waals surface area contributed by atoms with E-state index in [2.05, 4.69) is 0 Å². The van der Waals surface area contributed by atoms with Crippen LogP contribution in [0.15, 0.2) is 21.3 Å². The molecule has 0 fully saturated rings. The first kappa shape index (κ1) is 9.32. The summed E-state index contributed by atoms with van der Waals surface area (Å²) in [5.41, 5.74) is 5.94. The van der Waals surface area contributed by atoms with E-state index < -0.39 is 11.7 Å². The standard InChI is InChI=1S/C9H8N2O4/c1-11-7-5(15-9(11)14)3-2-4(10)6(7)8(12)13/h2-3H,10H2,1H3,(H,12,13). The largest absolute Gasteiger partial charge is 0.478 e. The molecular weight excluding hydrogens is 200 g/mol. The number of fused-ring (bicyclic) bond motifs is 1. The number of hydrogen-bond acceptors (Lipinski definition) is 4. The molecule has 0 aliphatic carbocycles. The van der Waals surface area contributed by atoms with Gasteiger partial charge in [-0.05, 0) is 12.1 Å². The number of nitrogens with two attached hydrogens (primary N) is 1. The van der Waals surface area contributed by atoms with Gasteiger partial charge in [-0.3, -0.25) is 4.57 Å². The van der Waals surface area contributed by atoms with Crippen molar-refractivity contribution in [1.82, 2.24) is 4.57 Å². The van der Waals surface area contributed by atoms with Gasteiger partial charge in [0.05, 0.1) is 0 Å². The molecule has 0 aliphatic heterocycles. The van der Waals surface area contributed by atoms with E-state index in [-0.39, 0.29) is 22.4 Å². The van der Waals surface area contributed by atoms with Gasteiger partial charge in [-0.2, -0.15) is 0 Å². The van der Waals surface area contributed by atoms with E-state index in [1.807, 2.05) is 0 Å². The van der Waals surface area contributed by atoms with Gasteiger partial charge in [-0.25, -0.2) is 9.59 Å². The first-order chi connectivity index (χ1) is 7.02. The van der Waals surface area contributed by atoms with Crippen molar-refractivity contribution in [3.05, 3.63) is 28.2 Å². The molecule has 1 heterocycles. The van der Waals surface area contributed by atoms with Gasteiger partial charge in [0, 0.05) is 12.7 Å². The lowest BCUT2D eigenvalue weighted by Gasteiger charge is -2.02. The number of oxazole rings is 1. The summed E-state index contributed by atoms with van der Waals surface area (Å²) in [5, 5.41) is 8.96. The third-order valence-electron chi connectivity index (χ3n) is 2.19. The number of nitrogens with zero attached hydrogens (tertiary/aromatic N) is 1. The maximum absolute atomic E-state index is 11.2. The van der Waals surface area contributed by atoms with Crippen molar-refractivity contribution in [3.63, 3.8) is 0 Å². The van der Waals surface area contributed by atoms with Crippen LogP contribution in [-0.2, 0) is 7.05 Å². The molecule has 2 aromatic rings. The topological polar surface area (TPSA) is 98.5 Å². The lowest BCUT2D eigenvalue weighted by molar-refractivity contribution is 0.0699. The number of carboxylic acid groups (broad SMARTS) is 1. The predicted molar refractivity (Wildman–Crippen MR) is 52.8 cm³/mol. The molecule has 1 aromatic carbocycles. The van der Waals surface area contributed by atoms with E-state index >= 15 is 0 Å². The van der Waals surface area contributed by atoms with Gasteiger partial charge in [0.1, 0.15) is 11.1 Å². The molecule has 0 aliphatic rings. The first-order valence-corrected chi connectivity index (χ1v) is 4.13. The lowest BCUT2D eigenvalue weighted by Crippen LogP contribution is -2.12. The van der Waals surface area contributed by atoms with Crippen LogP contribution in [0.5, 0.6) is 0 Å². The van der Waals surface area contributed by atoms with E-state index in [0.717, 1.165) is 4.57 Å². The molecule has 0 saturated carbocycles. The highest BCUT2D eigenvalue weighted by Crippen LogP contribution is 2.22. The average molecular weight is 208 g/mol. The molecule has 0 saturated heterocycles. The van der Waals surface area contributed by atoms with Gasteiger partial charge in [0.15, 0.2) is 5.58 Å². The molecule has 1 aromatic heterocycles. The number of aromatic carboxylic acids is 1. The van der Waals surface area contributed by atoms with Crippen LogP contribution in [0.1, 0.15) is 10.4 Å².